The summed E-state index contributed by atoms with van der Waals surface area (Å²) in [6.07, 6.45) is 0. The summed E-state index contributed by atoms with van der Waals surface area (Å²) >= 11 is 1.53. The number of thioether (sulfide) groups is 1. The molecule has 0 aromatic heterocycles. The van der Waals surface area contributed by atoms with E-state index in [0.29, 0.717) is 5.04 Å². The van der Waals surface area contributed by atoms with Gasteiger partial charge in [-0.05, 0) is 18.2 Å². The van der Waals surface area contributed by atoms with Crippen molar-refractivity contribution in [1.29, 1.82) is 0 Å². The van der Waals surface area contributed by atoms with Gasteiger partial charge in [0.1, 0.15) is 5.04 Å². The standard InChI is InChI=1S/C14H12N2OS/c17-15-14-12-8-4-5-9-13(12)16(10-18-14)11-6-2-1-3-7-11/h1-9,17H,10H2/b15-14+. The fourth-order valence-electron chi connectivity index (χ4n) is 2.07. The van der Waals surface area contributed by atoms with E-state index in [4.69, 9.17) is 5.21 Å². The Hall–Kier alpha value is -1.94. The first kappa shape index (κ1) is 11.2. The lowest BCUT2D eigenvalue weighted by molar-refractivity contribution is 0.321. The minimum Gasteiger partial charge on any atom is -0.410 e. The lowest BCUT2D eigenvalue weighted by atomic mass is 10.1. The van der Waals surface area contributed by atoms with Gasteiger partial charge in [0.2, 0.25) is 0 Å². The maximum atomic E-state index is 9.04. The summed E-state index contributed by atoms with van der Waals surface area (Å²) in [6, 6.07) is 18.2. The van der Waals surface area contributed by atoms with E-state index in [-0.39, 0.29) is 0 Å². The zero-order valence-electron chi connectivity index (χ0n) is 9.65. The van der Waals surface area contributed by atoms with Gasteiger partial charge in [-0.3, -0.25) is 0 Å². The zero-order chi connectivity index (χ0) is 12.4. The number of rotatable bonds is 1. The van der Waals surface area contributed by atoms with Gasteiger partial charge in [0.25, 0.3) is 0 Å². The first-order valence-corrected chi connectivity index (χ1v) is 6.65. The van der Waals surface area contributed by atoms with Gasteiger partial charge in [-0.25, -0.2) is 0 Å². The molecule has 0 spiro atoms. The topological polar surface area (TPSA) is 35.8 Å². The number of benzene rings is 2. The van der Waals surface area contributed by atoms with Crippen molar-refractivity contribution in [3.05, 3.63) is 60.2 Å². The Morgan fingerprint density at radius 1 is 1.00 bits per heavy atom. The molecule has 0 unspecified atom stereocenters. The number of oxime groups is 1. The van der Waals surface area contributed by atoms with Crippen molar-refractivity contribution < 1.29 is 5.21 Å². The highest BCUT2D eigenvalue weighted by Crippen LogP contribution is 2.36. The van der Waals surface area contributed by atoms with Crippen molar-refractivity contribution in [2.24, 2.45) is 5.16 Å². The predicted molar refractivity (Wildman–Crippen MR) is 75.8 cm³/mol. The lowest BCUT2D eigenvalue weighted by Gasteiger charge is -2.30. The molecular formula is C14H12N2OS. The predicted octanol–water partition coefficient (Wildman–Crippen LogP) is 3.66. The normalized spacial score (nSPS) is 16.7. The fourth-order valence-corrected chi connectivity index (χ4v) is 2.99. The van der Waals surface area contributed by atoms with Crippen LogP contribution in [0, 0.1) is 0 Å². The molecular weight excluding hydrogens is 244 g/mol. The van der Waals surface area contributed by atoms with E-state index >= 15 is 0 Å². The van der Waals surface area contributed by atoms with E-state index in [1.54, 1.807) is 0 Å². The van der Waals surface area contributed by atoms with Crippen LogP contribution < -0.4 is 4.90 Å². The number of fused-ring (bicyclic) bond motifs is 1. The van der Waals surface area contributed by atoms with Crippen LogP contribution in [-0.2, 0) is 0 Å². The smallest absolute Gasteiger partial charge is 0.146 e. The molecule has 1 aliphatic heterocycles. The maximum Gasteiger partial charge on any atom is 0.146 e. The number of nitrogens with zero attached hydrogens (tertiary/aromatic N) is 2. The van der Waals surface area contributed by atoms with Crippen LogP contribution in [-0.4, -0.2) is 16.1 Å². The first-order chi connectivity index (χ1) is 8.90. The van der Waals surface area contributed by atoms with Gasteiger partial charge in [-0.1, -0.05) is 53.3 Å². The summed E-state index contributed by atoms with van der Waals surface area (Å²) in [7, 11) is 0. The molecule has 1 heterocycles. The second-order valence-electron chi connectivity index (χ2n) is 3.96. The van der Waals surface area contributed by atoms with Crippen molar-refractivity contribution >= 4 is 28.2 Å². The molecule has 0 bridgehead atoms. The largest absolute Gasteiger partial charge is 0.410 e. The molecule has 0 aliphatic carbocycles. The number of para-hydroxylation sites is 2. The summed E-state index contributed by atoms with van der Waals surface area (Å²) < 4.78 is 0. The molecule has 0 fully saturated rings. The van der Waals surface area contributed by atoms with E-state index in [0.717, 1.165) is 22.8 Å². The molecule has 0 radical (unpaired) electrons. The molecule has 0 saturated carbocycles. The molecule has 0 amide bonds. The Bertz CT molecular complexity index is 583. The quantitative estimate of drug-likeness (QED) is 0.624. The third kappa shape index (κ3) is 1.84. The molecule has 0 saturated heterocycles. The Labute approximate surface area is 110 Å². The van der Waals surface area contributed by atoms with E-state index in [9.17, 15) is 0 Å². The Kier molecular flexibility index (Phi) is 2.94. The summed E-state index contributed by atoms with van der Waals surface area (Å²) in [5.74, 6) is 0.750. The van der Waals surface area contributed by atoms with Crippen LogP contribution in [0.2, 0.25) is 0 Å². The van der Waals surface area contributed by atoms with E-state index in [2.05, 4.69) is 22.2 Å². The van der Waals surface area contributed by atoms with Gasteiger partial charge < -0.3 is 10.1 Å². The molecule has 1 N–H and O–H groups in total. The number of anilines is 2. The van der Waals surface area contributed by atoms with Crippen molar-refractivity contribution in [2.45, 2.75) is 0 Å². The Balaban J connectivity index is 2.10. The molecule has 2 aromatic carbocycles. The molecule has 2 aromatic rings. The second-order valence-corrected chi connectivity index (χ2v) is 4.89. The second kappa shape index (κ2) is 4.74. The van der Waals surface area contributed by atoms with Crippen LogP contribution in [0.3, 0.4) is 0 Å². The van der Waals surface area contributed by atoms with Crippen molar-refractivity contribution in [1.82, 2.24) is 0 Å². The SMILES string of the molecule is O/N=C1/SCN(c2ccccc2)c2ccccc21. The van der Waals surface area contributed by atoms with Crippen LogP contribution in [0.1, 0.15) is 5.56 Å². The molecule has 3 nitrogen and oxygen atoms in total. The molecule has 0 atom stereocenters. The average Bonchev–Trinajstić information content (AvgIpc) is 2.47. The Morgan fingerprint density at radius 3 is 2.50 bits per heavy atom. The molecule has 90 valence electrons. The van der Waals surface area contributed by atoms with Crippen LogP contribution in [0.25, 0.3) is 0 Å². The van der Waals surface area contributed by atoms with Crippen molar-refractivity contribution in [3.8, 4) is 0 Å². The van der Waals surface area contributed by atoms with Gasteiger partial charge in [0.05, 0.1) is 11.6 Å². The maximum absolute atomic E-state index is 9.04. The van der Waals surface area contributed by atoms with Crippen LogP contribution >= 0.6 is 11.8 Å². The molecule has 4 heteroatoms. The molecule has 18 heavy (non-hydrogen) atoms. The average molecular weight is 256 g/mol. The van der Waals surface area contributed by atoms with Gasteiger partial charge in [0, 0.05) is 11.3 Å². The van der Waals surface area contributed by atoms with E-state index in [1.807, 2.05) is 42.5 Å². The summed E-state index contributed by atoms with van der Waals surface area (Å²) in [5.41, 5.74) is 3.20. The third-order valence-electron chi connectivity index (χ3n) is 2.91. The summed E-state index contributed by atoms with van der Waals surface area (Å²) in [5, 5.41) is 13.1. The van der Waals surface area contributed by atoms with Crippen LogP contribution in [0.15, 0.2) is 59.8 Å². The number of hydrogen-bond acceptors (Lipinski definition) is 4. The van der Waals surface area contributed by atoms with Gasteiger partial charge in [-0.2, -0.15) is 0 Å². The van der Waals surface area contributed by atoms with E-state index in [1.165, 1.54) is 11.8 Å². The minimum atomic E-state index is 0.679. The molecule has 1 aliphatic rings. The van der Waals surface area contributed by atoms with Gasteiger partial charge in [-0.15, -0.1) is 0 Å². The van der Waals surface area contributed by atoms with Gasteiger partial charge in [0.15, 0.2) is 0 Å². The third-order valence-corrected chi connectivity index (χ3v) is 3.88. The summed E-state index contributed by atoms with van der Waals surface area (Å²) in [6.45, 7) is 0. The van der Waals surface area contributed by atoms with Gasteiger partial charge >= 0.3 is 0 Å². The minimum absolute atomic E-state index is 0.679. The van der Waals surface area contributed by atoms with Crippen LogP contribution in [0.4, 0.5) is 11.4 Å². The number of hydrogen-bond donors (Lipinski definition) is 1. The fraction of sp³-hybridized carbons (Fsp3) is 0.0714. The lowest BCUT2D eigenvalue weighted by Crippen LogP contribution is -2.24. The Morgan fingerprint density at radius 2 is 1.72 bits per heavy atom. The molecule has 3 rings (SSSR count). The highest BCUT2D eigenvalue weighted by molar-refractivity contribution is 8.14. The van der Waals surface area contributed by atoms with Crippen LogP contribution in [0.5, 0.6) is 0 Å². The first-order valence-electron chi connectivity index (χ1n) is 5.67. The highest BCUT2D eigenvalue weighted by atomic mass is 32.2. The monoisotopic (exact) mass is 256 g/mol. The van der Waals surface area contributed by atoms with Crippen molar-refractivity contribution in [2.75, 3.05) is 10.8 Å². The van der Waals surface area contributed by atoms with E-state index < -0.39 is 0 Å². The zero-order valence-corrected chi connectivity index (χ0v) is 10.5. The highest BCUT2D eigenvalue weighted by Gasteiger charge is 2.23. The summed E-state index contributed by atoms with van der Waals surface area (Å²) in [4.78, 5) is 2.22. The van der Waals surface area contributed by atoms with Crippen molar-refractivity contribution in [3.63, 3.8) is 0 Å².